The van der Waals surface area contributed by atoms with Crippen LogP contribution in [0.15, 0.2) is 60.7 Å². The van der Waals surface area contributed by atoms with Crippen LogP contribution >= 0.6 is 0 Å². The lowest BCUT2D eigenvalue weighted by molar-refractivity contribution is 0.106. The number of aliphatic hydroxyl groups excluding tert-OH is 2. The van der Waals surface area contributed by atoms with Gasteiger partial charge < -0.3 is 25.6 Å². The molecule has 2 rings (SSSR count). The molecule has 0 saturated carbocycles. The van der Waals surface area contributed by atoms with Gasteiger partial charge in [0.15, 0.2) is 0 Å². The second-order valence-electron chi connectivity index (χ2n) is 6.08. The van der Waals surface area contributed by atoms with E-state index in [4.69, 9.17) is 4.74 Å². The summed E-state index contributed by atoms with van der Waals surface area (Å²) >= 11 is 0. The van der Waals surface area contributed by atoms with Crippen molar-refractivity contribution >= 4 is 0 Å². The number of rotatable bonds is 11. The Kier molecular flexibility index (Phi) is 8.42. The van der Waals surface area contributed by atoms with E-state index < -0.39 is 12.2 Å². The molecule has 0 spiro atoms. The molecule has 0 bridgehead atoms. The van der Waals surface area contributed by atoms with Crippen LogP contribution in [-0.2, 0) is 0 Å². The summed E-state index contributed by atoms with van der Waals surface area (Å²) in [4.78, 5) is 0. The summed E-state index contributed by atoms with van der Waals surface area (Å²) in [6, 6.07) is 19.0. The van der Waals surface area contributed by atoms with E-state index in [-0.39, 0.29) is 12.6 Å². The molecule has 2 aromatic rings. The van der Waals surface area contributed by atoms with Crippen molar-refractivity contribution in [3.05, 3.63) is 66.2 Å². The molecule has 0 amide bonds. The van der Waals surface area contributed by atoms with Crippen LogP contribution in [0.1, 0.15) is 18.6 Å². The van der Waals surface area contributed by atoms with E-state index in [0.717, 1.165) is 11.3 Å². The van der Waals surface area contributed by atoms with E-state index in [0.29, 0.717) is 19.6 Å². The standard InChI is InChI=1S/C20H28N2O3/c1-16(20(24)17-8-4-2-5-9-17)22-13-12-21-14-18(23)15-25-19-10-6-3-7-11-19/h2-11,16,18,20-24H,12-15H2,1H3. The van der Waals surface area contributed by atoms with Gasteiger partial charge in [-0.3, -0.25) is 0 Å². The fraction of sp³-hybridized carbons (Fsp3) is 0.400. The van der Waals surface area contributed by atoms with Gasteiger partial charge in [-0.25, -0.2) is 0 Å². The average molecular weight is 344 g/mol. The van der Waals surface area contributed by atoms with Crippen molar-refractivity contribution in [2.24, 2.45) is 0 Å². The molecule has 0 aromatic heterocycles. The van der Waals surface area contributed by atoms with Crippen molar-refractivity contribution in [3.8, 4) is 5.75 Å². The highest BCUT2D eigenvalue weighted by Crippen LogP contribution is 2.15. The molecule has 0 saturated heterocycles. The first kappa shape index (κ1) is 19.4. The van der Waals surface area contributed by atoms with E-state index in [2.05, 4.69) is 10.6 Å². The number of hydrogen-bond donors (Lipinski definition) is 4. The van der Waals surface area contributed by atoms with Crippen molar-refractivity contribution < 1.29 is 14.9 Å². The van der Waals surface area contributed by atoms with Crippen LogP contribution in [0, 0.1) is 0 Å². The highest BCUT2D eigenvalue weighted by molar-refractivity contribution is 5.21. The monoisotopic (exact) mass is 344 g/mol. The minimum Gasteiger partial charge on any atom is -0.491 e. The van der Waals surface area contributed by atoms with Gasteiger partial charge in [0.2, 0.25) is 0 Å². The van der Waals surface area contributed by atoms with Gasteiger partial charge in [-0.1, -0.05) is 48.5 Å². The quantitative estimate of drug-likeness (QED) is 0.467. The van der Waals surface area contributed by atoms with E-state index in [9.17, 15) is 10.2 Å². The summed E-state index contributed by atoms with van der Waals surface area (Å²) in [5.74, 6) is 0.756. The van der Waals surface area contributed by atoms with Crippen LogP contribution in [0.3, 0.4) is 0 Å². The van der Waals surface area contributed by atoms with Crippen LogP contribution in [0.4, 0.5) is 0 Å². The Hall–Kier alpha value is -1.92. The van der Waals surface area contributed by atoms with Crippen LogP contribution in [0.25, 0.3) is 0 Å². The summed E-state index contributed by atoms with van der Waals surface area (Å²) in [6.07, 6.45) is -1.10. The van der Waals surface area contributed by atoms with Gasteiger partial charge in [-0.05, 0) is 24.6 Å². The number of benzene rings is 2. The molecule has 3 unspecified atom stereocenters. The van der Waals surface area contributed by atoms with Crippen LogP contribution in [-0.4, -0.2) is 48.6 Å². The number of nitrogens with one attached hydrogen (secondary N) is 2. The number of ether oxygens (including phenoxy) is 1. The lowest BCUT2D eigenvalue weighted by Crippen LogP contribution is -2.39. The van der Waals surface area contributed by atoms with Crippen LogP contribution in [0.5, 0.6) is 5.75 Å². The average Bonchev–Trinajstić information content (AvgIpc) is 2.67. The normalized spacial score (nSPS) is 14.7. The third kappa shape index (κ3) is 7.23. The summed E-state index contributed by atoms with van der Waals surface area (Å²) < 4.78 is 5.50. The largest absolute Gasteiger partial charge is 0.491 e. The number of hydrogen-bond acceptors (Lipinski definition) is 5. The van der Waals surface area contributed by atoms with Gasteiger partial charge in [0.05, 0.1) is 6.10 Å². The van der Waals surface area contributed by atoms with E-state index in [1.54, 1.807) is 0 Å². The fourth-order valence-electron chi connectivity index (χ4n) is 2.48. The van der Waals surface area contributed by atoms with Gasteiger partial charge in [0, 0.05) is 25.7 Å². The highest BCUT2D eigenvalue weighted by atomic mass is 16.5. The van der Waals surface area contributed by atoms with Gasteiger partial charge in [0.1, 0.15) is 18.5 Å². The van der Waals surface area contributed by atoms with E-state index in [1.165, 1.54) is 0 Å². The van der Waals surface area contributed by atoms with Gasteiger partial charge >= 0.3 is 0 Å². The molecule has 2 aromatic carbocycles. The predicted molar refractivity (Wildman–Crippen MR) is 99.7 cm³/mol. The molecular formula is C20H28N2O3. The maximum absolute atomic E-state index is 10.3. The summed E-state index contributed by atoms with van der Waals surface area (Å²) in [6.45, 7) is 4.09. The molecule has 0 radical (unpaired) electrons. The molecule has 5 heteroatoms. The van der Waals surface area contributed by atoms with Gasteiger partial charge in [-0.15, -0.1) is 0 Å². The second-order valence-corrected chi connectivity index (χ2v) is 6.08. The zero-order valence-electron chi connectivity index (χ0n) is 14.6. The van der Waals surface area contributed by atoms with Crippen molar-refractivity contribution in [1.82, 2.24) is 10.6 Å². The van der Waals surface area contributed by atoms with E-state index >= 15 is 0 Å². The Labute approximate surface area is 149 Å². The minimum absolute atomic E-state index is 0.0458. The highest BCUT2D eigenvalue weighted by Gasteiger charge is 2.15. The second kappa shape index (κ2) is 10.8. The van der Waals surface area contributed by atoms with Crippen molar-refractivity contribution in [2.75, 3.05) is 26.2 Å². The fourth-order valence-corrected chi connectivity index (χ4v) is 2.48. The maximum atomic E-state index is 10.3. The lowest BCUT2D eigenvalue weighted by Gasteiger charge is -2.21. The molecule has 0 aliphatic carbocycles. The maximum Gasteiger partial charge on any atom is 0.119 e. The van der Waals surface area contributed by atoms with E-state index in [1.807, 2.05) is 67.6 Å². The third-order valence-corrected chi connectivity index (χ3v) is 3.95. The number of aliphatic hydroxyl groups is 2. The molecule has 0 fully saturated rings. The summed E-state index contributed by atoms with van der Waals surface area (Å²) in [5.41, 5.74) is 0.906. The molecule has 4 N–H and O–H groups in total. The topological polar surface area (TPSA) is 73.8 Å². The van der Waals surface area contributed by atoms with Gasteiger partial charge in [0.25, 0.3) is 0 Å². The molecule has 25 heavy (non-hydrogen) atoms. The van der Waals surface area contributed by atoms with Crippen molar-refractivity contribution in [1.29, 1.82) is 0 Å². The smallest absolute Gasteiger partial charge is 0.119 e. The third-order valence-electron chi connectivity index (χ3n) is 3.95. The first-order valence-corrected chi connectivity index (χ1v) is 8.70. The molecule has 0 heterocycles. The summed E-state index contributed by atoms with van der Waals surface area (Å²) in [7, 11) is 0. The first-order chi connectivity index (χ1) is 12.2. The van der Waals surface area contributed by atoms with Crippen molar-refractivity contribution in [2.45, 2.75) is 25.2 Å². The molecule has 0 aliphatic rings. The van der Waals surface area contributed by atoms with Gasteiger partial charge in [-0.2, -0.15) is 0 Å². The van der Waals surface area contributed by atoms with Crippen LogP contribution < -0.4 is 15.4 Å². The zero-order valence-corrected chi connectivity index (χ0v) is 14.6. The molecule has 5 nitrogen and oxygen atoms in total. The lowest BCUT2D eigenvalue weighted by atomic mass is 10.0. The minimum atomic E-state index is -0.562. The zero-order chi connectivity index (χ0) is 17.9. The SMILES string of the molecule is CC(NCCNCC(O)COc1ccccc1)C(O)c1ccccc1. The Morgan fingerprint density at radius 1 is 0.920 bits per heavy atom. The first-order valence-electron chi connectivity index (χ1n) is 8.70. The molecular weight excluding hydrogens is 316 g/mol. The Bertz CT molecular complexity index is 580. The Balaban J connectivity index is 1.55. The predicted octanol–water partition coefficient (Wildman–Crippen LogP) is 1.73. The molecule has 3 atom stereocenters. The van der Waals surface area contributed by atoms with Crippen LogP contribution in [0.2, 0.25) is 0 Å². The van der Waals surface area contributed by atoms with Crippen molar-refractivity contribution in [3.63, 3.8) is 0 Å². The Morgan fingerprint density at radius 2 is 1.56 bits per heavy atom. The Morgan fingerprint density at radius 3 is 2.24 bits per heavy atom. The molecule has 136 valence electrons. The molecule has 0 aliphatic heterocycles. The number of para-hydroxylation sites is 1. The summed E-state index contributed by atoms with van der Waals surface area (Å²) in [5, 5.41) is 26.6.